The van der Waals surface area contributed by atoms with Crippen LogP contribution in [0.1, 0.15) is 24.8 Å². The molecule has 0 bridgehead atoms. The highest BCUT2D eigenvalue weighted by Crippen LogP contribution is 2.18. The minimum Gasteiger partial charge on any atom is -0.469 e. The van der Waals surface area contributed by atoms with Gasteiger partial charge in [-0.05, 0) is 12.0 Å². The minimum absolute atomic E-state index is 0.0973. The molecule has 0 amide bonds. The van der Waals surface area contributed by atoms with E-state index in [1.54, 1.807) is 0 Å². The molecule has 1 heterocycles. The molecule has 0 fully saturated rings. The maximum Gasteiger partial charge on any atom is 0.305 e. The monoisotopic (exact) mass is 247 g/mol. The number of nitrogens with zero attached hydrogens (tertiary/aromatic N) is 1. The van der Waals surface area contributed by atoms with Crippen molar-refractivity contribution in [2.24, 2.45) is 5.16 Å². The molecular weight excluding hydrogens is 230 g/mol. The van der Waals surface area contributed by atoms with E-state index in [-0.39, 0.29) is 12.1 Å². The number of methoxy groups -OCH3 is 1. The first-order valence-electron chi connectivity index (χ1n) is 6.10. The summed E-state index contributed by atoms with van der Waals surface area (Å²) in [6, 6.07) is 10.2. The van der Waals surface area contributed by atoms with Crippen molar-refractivity contribution in [1.82, 2.24) is 0 Å². The molecule has 4 nitrogen and oxygen atoms in total. The van der Waals surface area contributed by atoms with Crippen LogP contribution in [0.4, 0.5) is 0 Å². The molecular formula is C14H17NO3. The lowest BCUT2D eigenvalue weighted by atomic mass is 10.0. The van der Waals surface area contributed by atoms with Crippen molar-refractivity contribution in [3.8, 4) is 0 Å². The number of ether oxygens (including phenoxy) is 1. The van der Waals surface area contributed by atoms with E-state index in [4.69, 9.17) is 4.84 Å². The highest BCUT2D eigenvalue weighted by molar-refractivity contribution is 5.88. The fraction of sp³-hybridized carbons (Fsp3) is 0.429. The molecule has 0 aromatic heterocycles. The average Bonchev–Trinajstić information content (AvgIpc) is 2.85. The second-order valence-corrected chi connectivity index (χ2v) is 4.35. The molecule has 1 aromatic rings. The number of benzene rings is 1. The lowest BCUT2D eigenvalue weighted by molar-refractivity contribution is -0.140. The summed E-state index contributed by atoms with van der Waals surface area (Å²) in [5, 5.41) is 4.03. The maximum atomic E-state index is 11.0. The van der Waals surface area contributed by atoms with E-state index in [2.05, 4.69) is 22.0 Å². The SMILES string of the molecule is COC(=O)CCC1=NOC(Cc2ccccc2)C1. The molecule has 96 valence electrons. The first-order valence-corrected chi connectivity index (χ1v) is 6.10. The molecule has 0 aliphatic carbocycles. The maximum absolute atomic E-state index is 11.0. The van der Waals surface area contributed by atoms with Crippen molar-refractivity contribution >= 4 is 11.7 Å². The van der Waals surface area contributed by atoms with Crippen molar-refractivity contribution in [1.29, 1.82) is 0 Å². The second-order valence-electron chi connectivity index (χ2n) is 4.35. The quantitative estimate of drug-likeness (QED) is 0.750. The fourth-order valence-corrected chi connectivity index (χ4v) is 1.97. The smallest absolute Gasteiger partial charge is 0.305 e. The summed E-state index contributed by atoms with van der Waals surface area (Å²) >= 11 is 0. The van der Waals surface area contributed by atoms with Gasteiger partial charge in [0.05, 0.1) is 19.2 Å². The van der Waals surface area contributed by atoms with Gasteiger partial charge in [0.2, 0.25) is 0 Å². The molecule has 0 saturated heterocycles. The van der Waals surface area contributed by atoms with Crippen LogP contribution in [0, 0.1) is 0 Å². The van der Waals surface area contributed by atoms with Gasteiger partial charge in [-0.1, -0.05) is 35.5 Å². The highest BCUT2D eigenvalue weighted by Gasteiger charge is 2.21. The van der Waals surface area contributed by atoms with Gasteiger partial charge in [-0.15, -0.1) is 0 Å². The van der Waals surface area contributed by atoms with Crippen LogP contribution in [0.2, 0.25) is 0 Å². The molecule has 1 aliphatic heterocycles. The topological polar surface area (TPSA) is 47.9 Å². The normalized spacial score (nSPS) is 18.1. The van der Waals surface area contributed by atoms with Crippen LogP contribution in [0.3, 0.4) is 0 Å². The standard InChI is InChI=1S/C14H17NO3/c1-17-14(16)8-7-12-10-13(18-15-12)9-11-5-3-2-4-6-11/h2-6,13H,7-10H2,1H3. The van der Waals surface area contributed by atoms with E-state index in [0.717, 1.165) is 18.6 Å². The first kappa shape index (κ1) is 12.6. The Kier molecular flexibility index (Phi) is 4.34. The van der Waals surface area contributed by atoms with Gasteiger partial charge in [-0.3, -0.25) is 4.79 Å². The van der Waals surface area contributed by atoms with Crippen LogP contribution in [-0.2, 0) is 20.8 Å². The van der Waals surface area contributed by atoms with Crippen LogP contribution in [0.25, 0.3) is 0 Å². The summed E-state index contributed by atoms with van der Waals surface area (Å²) < 4.78 is 4.60. The molecule has 0 saturated carbocycles. The highest BCUT2D eigenvalue weighted by atomic mass is 16.6. The van der Waals surface area contributed by atoms with Crippen LogP contribution in [-0.4, -0.2) is 24.9 Å². The number of hydrogen-bond donors (Lipinski definition) is 0. The molecule has 18 heavy (non-hydrogen) atoms. The Balaban J connectivity index is 1.75. The number of hydrogen-bond acceptors (Lipinski definition) is 4. The van der Waals surface area contributed by atoms with Crippen molar-refractivity contribution < 1.29 is 14.4 Å². The van der Waals surface area contributed by atoms with Crippen LogP contribution in [0.15, 0.2) is 35.5 Å². The summed E-state index contributed by atoms with van der Waals surface area (Å²) in [4.78, 5) is 16.4. The zero-order valence-electron chi connectivity index (χ0n) is 10.5. The Morgan fingerprint density at radius 1 is 1.44 bits per heavy atom. The molecule has 0 radical (unpaired) electrons. The van der Waals surface area contributed by atoms with Crippen LogP contribution >= 0.6 is 0 Å². The largest absolute Gasteiger partial charge is 0.469 e. The van der Waals surface area contributed by atoms with Crippen molar-refractivity contribution in [3.05, 3.63) is 35.9 Å². The molecule has 1 atom stereocenters. The fourth-order valence-electron chi connectivity index (χ4n) is 1.97. The Bertz CT molecular complexity index is 428. The van der Waals surface area contributed by atoms with Gasteiger partial charge >= 0.3 is 5.97 Å². The Hall–Kier alpha value is -1.84. The molecule has 1 unspecified atom stereocenters. The third kappa shape index (κ3) is 3.58. The first-order chi connectivity index (χ1) is 8.78. The van der Waals surface area contributed by atoms with Crippen molar-refractivity contribution in [3.63, 3.8) is 0 Å². The van der Waals surface area contributed by atoms with E-state index in [1.165, 1.54) is 12.7 Å². The van der Waals surface area contributed by atoms with Gasteiger partial charge in [0.25, 0.3) is 0 Å². The third-order valence-electron chi connectivity index (χ3n) is 2.95. The summed E-state index contributed by atoms with van der Waals surface area (Å²) in [6.07, 6.45) is 2.74. The van der Waals surface area contributed by atoms with E-state index >= 15 is 0 Å². The van der Waals surface area contributed by atoms with E-state index in [0.29, 0.717) is 12.8 Å². The predicted octanol–water partition coefficient (Wildman–Crippen LogP) is 2.33. The zero-order chi connectivity index (χ0) is 12.8. The minimum atomic E-state index is -0.204. The number of oxime groups is 1. The zero-order valence-corrected chi connectivity index (χ0v) is 10.5. The molecule has 1 aromatic carbocycles. The van der Waals surface area contributed by atoms with Gasteiger partial charge in [-0.25, -0.2) is 0 Å². The average molecular weight is 247 g/mol. The van der Waals surface area contributed by atoms with Crippen LogP contribution < -0.4 is 0 Å². The Labute approximate surface area is 107 Å². The van der Waals surface area contributed by atoms with Crippen molar-refractivity contribution in [2.75, 3.05) is 7.11 Å². The Morgan fingerprint density at radius 3 is 2.94 bits per heavy atom. The van der Waals surface area contributed by atoms with Gasteiger partial charge in [0, 0.05) is 12.8 Å². The second kappa shape index (κ2) is 6.19. The number of esters is 1. The predicted molar refractivity (Wildman–Crippen MR) is 68.3 cm³/mol. The summed E-state index contributed by atoms with van der Waals surface area (Å²) in [7, 11) is 1.40. The number of rotatable bonds is 5. The summed E-state index contributed by atoms with van der Waals surface area (Å²) in [5.74, 6) is -0.204. The molecule has 1 aliphatic rings. The van der Waals surface area contributed by atoms with Gasteiger partial charge in [-0.2, -0.15) is 0 Å². The van der Waals surface area contributed by atoms with Gasteiger partial charge < -0.3 is 9.57 Å². The Morgan fingerprint density at radius 2 is 2.22 bits per heavy atom. The third-order valence-corrected chi connectivity index (χ3v) is 2.95. The molecule has 2 rings (SSSR count). The number of carbonyl (C=O) groups is 1. The number of carbonyl (C=O) groups excluding carboxylic acids is 1. The molecule has 0 spiro atoms. The van der Waals surface area contributed by atoms with E-state index < -0.39 is 0 Å². The summed E-state index contributed by atoms with van der Waals surface area (Å²) in [6.45, 7) is 0. The lowest BCUT2D eigenvalue weighted by Gasteiger charge is -2.07. The lowest BCUT2D eigenvalue weighted by Crippen LogP contribution is -2.12. The summed E-state index contributed by atoms with van der Waals surface area (Å²) in [5.41, 5.74) is 2.19. The van der Waals surface area contributed by atoms with E-state index in [9.17, 15) is 4.79 Å². The molecule has 4 heteroatoms. The molecule has 0 N–H and O–H groups in total. The van der Waals surface area contributed by atoms with Gasteiger partial charge in [0.1, 0.15) is 6.10 Å². The van der Waals surface area contributed by atoms with Crippen molar-refractivity contribution in [2.45, 2.75) is 31.8 Å². The van der Waals surface area contributed by atoms with Gasteiger partial charge in [0.15, 0.2) is 0 Å². The van der Waals surface area contributed by atoms with E-state index in [1.807, 2.05) is 18.2 Å². The van der Waals surface area contributed by atoms with Crippen LogP contribution in [0.5, 0.6) is 0 Å².